The van der Waals surface area contributed by atoms with Gasteiger partial charge in [-0.2, -0.15) is 0 Å². The summed E-state index contributed by atoms with van der Waals surface area (Å²) in [6.07, 6.45) is 2.81. The van der Waals surface area contributed by atoms with E-state index in [0.717, 1.165) is 0 Å². The molecule has 1 fully saturated rings. The number of carbonyl (C=O) groups is 2. The standard InChI is InChI=1S/C16H15BrN2O4S/c1-3-5-19-15(22)11(14(21)18-16(19)24)7-9-6-10(17)8-12(13(9)20)23-4-2/h3,6-8,20H,1,4-5H2,2H3,(H,18,21,24)/b11-7+. The maximum atomic E-state index is 12.5. The second kappa shape index (κ2) is 7.59. The largest absolute Gasteiger partial charge is 0.504 e. The second-order valence-corrected chi connectivity index (χ2v) is 6.10. The van der Waals surface area contributed by atoms with Crippen molar-refractivity contribution in [2.75, 3.05) is 13.2 Å². The Hall–Kier alpha value is -2.19. The number of thiocarbonyl (C=S) groups is 1. The molecule has 24 heavy (non-hydrogen) atoms. The number of hydrogen-bond acceptors (Lipinski definition) is 5. The van der Waals surface area contributed by atoms with Crippen molar-refractivity contribution >= 4 is 51.2 Å². The Labute approximate surface area is 152 Å². The maximum absolute atomic E-state index is 12.5. The Morgan fingerprint density at radius 2 is 2.17 bits per heavy atom. The molecule has 6 nitrogen and oxygen atoms in total. The summed E-state index contributed by atoms with van der Waals surface area (Å²) in [5.41, 5.74) is 0.138. The lowest BCUT2D eigenvalue weighted by Crippen LogP contribution is -2.53. The molecule has 1 aliphatic rings. The third kappa shape index (κ3) is 3.65. The number of carbonyl (C=O) groups excluding carboxylic acids is 2. The van der Waals surface area contributed by atoms with Crippen LogP contribution < -0.4 is 10.1 Å². The lowest BCUT2D eigenvalue weighted by molar-refractivity contribution is -0.128. The van der Waals surface area contributed by atoms with Crippen LogP contribution in [0.5, 0.6) is 11.5 Å². The van der Waals surface area contributed by atoms with E-state index in [2.05, 4.69) is 27.8 Å². The highest BCUT2D eigenvalue weighted by Gasteiger charge is 2.32. The summed E-state index contributed by atoms with van der Waals surface area (Å²) in [6.45, 7) is 5.88. The van der Waals surface area contributed by atoms with Gasteiger partial charge in [-0.3, -0.25) is 19.8 Å². The van der Waals surface area contributed by atoms with Gasteiger partial charge in [0.05, 0.1) is 6.61 Å². The molecule has 0 aromatic heterocycles. The molecule has 0 aliphatic carbocycles. The van der Waals surface area contributed by atoms with Gasteiger partial charge in [0.25, 0.3) is 11.8 Å². The molecule has 8 heteroatoms. The summed E-state index contributed by atoms with van der Waals surface area (Å²) < 4.78 is 5.98. The lowest BCUT2D eigenvalue weighted by atomic mass is 10.1. The topological polar surface area (TPSA) is 78.9 Å². The molecule has 2 N–H and O–H groups in total. The highest BCUT2D eigenvalue weighted by Crippen LogP contribution is 2.35. The van der Waals surface area contributed by atoms with Crippen LogP contribution in [0.4, 0.5) is 0 Å². The SMILES string of the molecule is C=CCN1C(=O)/C(=C/c2cc(Br)cc(OCC)c2O)C(=O)NC1=S. The zero-order valence-electron chi connectivity index (χ0n) is 12.8. The molecule has 0 saturated carbocycles. The molecule has 126 valence electrons. The van der Waals surface area contributed by atoms with E-state index in [1.54, 1.807) is 19.1 Å². The molecular weight excluding hydrogens is 396 g/mol. The minimum absolute atomic E-state index is 0.0236. The van der Waals surface area contributed by atoms with Crippen molar-refractivity contribution in [1.82, 2.24) is 10.2 Å². The quantitative estimate of drug-likeness (QED) is 0.337. The van der Waals surface area contributed by atoms with Crippen LogP contribution in [0.15, 0.2) is 34.8 Å². The highest BCUT2D eigenvalue weighted by atomic mass is 79.9. The van der Waals surface area contributed by atoms with Gasteiger partial charge in [0, 0.05) is 16.6 Å². The summed E-state index contributed by atoms with van der Waals surface area (Å²) in [7, 11) is 0. The molecule has 1 aromatic rings. The van der Waals surface area contributed by atoms with E-state index >= 15 is 0 Å². The first-order valence-electron chi connectivity index (χ1n) is 7.04. The molecule has 2 rings (SSSR count). The van der Waals surface area contributed by atoms with Crippen molar-refractivity contribution in [3.05, 3.63) is 40.4 Å². The van der Waals surface area contributed by atoms with Gasteiger partial charge < -0.3 is 9.84 Å². The van der Waals surface area contributed by atoms with E-state index < -0.39 is 11.8 Å². The van der Waals surface area contributed by atoms with Gasteiger partial charge in [0.15, 0.2) is 16.6 Å². The van der Waals surface area contributed by atoms with Crippen LogP contribution in [0.2, 0.25) is 0 Å². The minimum Gasteiger partial charge on any atom is -0.504 e. The fourth-order valence-corrected chi connectivity index (χ4v) is 2.82. The molecule has 2 amide bonds. The third-order valence-corrected chi connectivity index (χ3v) is 3.95. The number of nitrogens with zero attached hydrogens (tertiary/aromatic N) is 1. The minimum atomic E-state index is -0.623. The molecule has 1 aliphatic heterocycles. The number of halogens is 1. The number of ether oxygens (including phenoxy) is 1. The Morgan fingerprint density at radius 1 is 1.46 bits per heavy atom. The number of hydrogen-bond donors (Lipinski definition) is 2. The second-order valence-electron chi connectivity index (χ2n) is 4.80. The molecule has 1 aromatic carbocycles. The first kappa shape index (κ1) is 18.2. The van der Waals surface area contributed by atoms with Crippen LogP contribution in [-0.2, 0) is 9.59 Å². The summed E-state index contributed by atoms with van der Waals surface area (Å²) in [5, 5.41) is 12.7. The van der Waals surface area contributed by atoms with E-state index in [1.165, 1.54) is 17.1 Å². The number of nitrogens with one attached hydrogen (secondary N) is 1. The van der Waals surface area contributed by atoms with Crippen molar-refractivity contribution in [2.45, 2.75) is 6.92 Å². The van der Waals surface area contributed by atoms with Gasteiger partial charge in [-0.15, -0.1) is 6.58 Å². The predicted molar refractivity (Wildman–Crippen MR) is 97.6 cm³/mol. The number of aromatic hydroxyl groups is 1. The van der Waals surface area contributed by atoms with Crippen molar-refractivity contribution in [1.29, 1.82) is 0 Å². The van der Waals surface area contributed by atoms with E-state index in [4.69, 9.17) is 17.0 Å². The average molecular weight is 411 g/mol. The van der Waals surface area contributed by atoms with E-state index in [0.29, 0.717) is 11.1 Å². The van der Waals surface area contributed by atoms with Crippen LogP contribution in [0.3, 0.4) is 0 Å². The Bertz CT molecular complexity index is 761. The zero-order valence-corrected chi connectivity index (χ0v) is 15.2. The van der Waals surface area contributed by atoms with Gasteiger partial charge >= 0.3 is 0 Å². The third-order valence-electron chi connectivity index (χ3n) is 3.17. The number of phenols is 1. The zero-order chi connectivity index (χ0) is 17.9. The summed E-state index contributed by atoms with van der Waals surface area (Å²) in [5.74, 6) is -1.08. The summed E-state index contributed by atoms with van der Waals surface area (Å²) in [6, 6.07) is 3.18. The number of amides is 2. The molecule has 1 heterocycles. The Morgan fingerprint density at radius 3 is 2.79 bits per heavy atom. The molecule has 0 spiro atoms. The lowest BCUT2D eigenvalue weighted by Gasteiger charge is -2.27. The first-order valence-corrected chi connectivity index (χ1v) is 8.24. The summed E-state index contributed by atoms with van der Waals surface area (Å²) in [4.78, 5) is 25.8. The molecule has 0 radical (unpaired) electrons. The molecule has 0 atom stereocenters. The van der Waals surface area contributed by atoms with E-state index in [9.17, 15) is 14.7 Å². The number of rotatable bonds is 5. The molecule has 0 unspecified atom stereocenters. The molecule has 0 bridgehead atoms. The van der Waals surface area contributed by atoms with Gasteiger partial charge in [0.1, 0.15) is 5.57 Å². The molecule has 1 saturated heterocycles. The van der Waals surface area contributed by atoms with Crippen LogP contribution in [-0.4, -0.2) is 40.1 Å². The van der Waals surface area contributed by atoms with E-state index in [-0.39, 0.29) is 34.3 Å². The normalized spacial score (nSPS) is 16.3. The number of phenolic OH excluding ortho intramolecular Hbond substituents is 1. The predicted octanol–water partition coefficient (Wildman–Crippen LogP) is 2.37. The van der Waals surface area contributed by atoms with Crippen molar-refractivity contribution in [3.8, 4) is 11.5 Å². The Balaban J connectivity index is 2.49. The number of benzene rings is 1. The molecular formula is C16H15BrN2O4S. The van der Waals surface area contributed by atoms with Gasteiger partial charge in [-0.1, -0.05) is 22.0 Å². The van der Waals surface area contributed by atoms with Crippen molar-refractivity contribution in [3.63, 3.8) is 0 Å². The summed E-state index contributed by atoms with van der Waals surface area (Å²) >= 11 is 8.30. The van der Waals surface area contributed by atoms with Gasteiger partial charge in [-0.05, 0) is 37.4 Å². The maximum Gasteiger partial charge on any atom is 0.265 e. The fourth-order valence-electron chi connectivity index (χ4n) is 2.11. The van der Waals surface area contributed by atoms with Crippen LogP contribution in [0, 0.1) is 0 Å². The smallest absolute Gasteiger partial charge is 0.265 e. The van der Waals surface area contributed by atoms with Crippen LogP contribution in [0.25, 0.3) is 6.08 Å². The van der Waals surface area contributed by atoms with Crippen molar-refractivity contribution < 1.29 is 19.4 Å². The highest BCUT2D eigenvalue weighted by molar-refractivity contribution is 9.10. The van der Waals surface area contributed by atoms with Crippen molar-refractivity contribution in [2.24, 2.45) is 0 Å². The monoisotopic (exact) mass is 410 g/mol. The van der Waals surface area contributed by atoms with Gasteiger partial charge in [-0.25, -0.2) is 0 Å². The van der Waals surface area contributed by atoms with E-state index in [1.807, 2.05) is 0 Å². The average Bonchev–Trinajstić information content (AvgIpc) is 2.52. The van der Waals surface area contributed by atoms with Crippen LogP contribution in [0.1, 0.15) is 12.5 Å². The fraction of sp³-hybridized carbons (Fsp3) is 0.188. The first-order chi connectivity index (χ1) is 11.4. The van der Waals surface area contributed by atoms with Gasteiger partial charge in [0.2, 0.25) is 0 Å². The Kier molecular flexibility index (Phi) is 5.74. The van der Waals surface area contributed by atoms with Crippen LogP contribution >= 0.6 is 28.1 Å².